The van der Waals surface area contributed by atoms with Crippen molar-refractivity contribution in [2.75, 3.05) is 34.4 Å². The van der Waals surface area contributed by atoms with Gasteiger partial charge >= 0.3 is 0 Å². The molecule has 1 aliphatic heterocycles. The van der Waals surface area contributed by atoms with Gasteiger partial charge < -0.3 is 24.4 Å². The number of nitrogens with one attached hydrogen (secondary N) is 1. The van der Waals surface area contributed by atoms with Crippen molar-refractivity contribution in [1.82, 2.24) is 24.8 Å². The van der Waals surface area contributed by atoms with Gasteiger partial charge in [-0.05, 0) is 56.2 Å². The number of carbonyl (C=O) groups is 1. The van der Waals surface area contributed by atoms with E-state index in [1.165, 1.54) is 0 Å². The first-order valence-corrected chi connectivity index (χ1v) is 12.3. The number of nitrogens with zero attached hydrogens (tertiary/aromatic N) is 5. The lowest BCUT2D eigenvalue weighted by molar-refractivity contribution is 0.0948. The van der Waals surface area contributed by atoms with Crippen molar-refractivity contribution >= 4 is 22.8 Å². The van der Waals surface area contributed by atoms with E-state index >= 15 is 0 Å². The van der Waals surface area contributed by atoms with E-state index in [1.807, 2.05) is 49.2 Å². The number of hydrogen-bond acceptors (Lipinski definition) is 6. The van der Waals surface area contributed by atoms with Crippen molar-refractivity contribution in [1.29, 1.82) is 0 Å². The van der Waals surface area contributed by atoms with E-state index in [1.54, 1.807) is 20.4 Å². The van der Waals surface area contributed by atoms with Crippen molar-refractivity contribution < 1.29 is 14.4 Å². The van der Waals surface area contributed by atoms with Gasteiger partial charge in [-0.15, -0.1) is 0 Å². The van der Waals surface area contributed by atoms with Crippen LogP contribution in [0, 0.1) is 0 Å². The van der Waals surface area contributed by atoms with Gasteiger partial charge in [-0.1, -0.05) is 18.0 Å². The van der Waals surface area contributed by atoms with E-state index < -0.39 is 0 Å². The quantitative estimate of drug-likeness (QED) is 0.249. The second kappa shape index (κ2) is 11.7. The third kappa shape index (κ3) is 5.35. The topological polar surface area (TPSA) is 93.9 Å². The molecule has 36 heavy (non-hydrogen) atoms. The average molecular weight is 491 g/mol. The molecule has 1 amide bonds. The predicted octanol–water partition coefficient (Wildman–Crippen LogP) is 4.19. The molecule has 9 heteroatoms. The predicted molar refractivity (Wildman–Crippen MR) is 141 cm³/mol. The lowest BCUT2D eigenvalue weighted by atomic mass is 10.1. The van der Waals surface area contributed by atoms with Crippen LogP contribution < -0.4 is 5.32 Å². The second-order valence-electron chi connectivity index (χ2n) is 8.77. The van der Waals surface area contributed by atoms with Crippen molar-refractivity contribution in [3.8, 4) is 11.3 Å². The molecule has 190 valence electrons. The molecule has 0 aliphatic carbocycles. The number of hydrogen-bond donors (Lipinski definition) is 1. The summed E-state index contributed by atoms with van der Waals surface area (Å²) in [6.45, 7) is 3.91. The van der Waals surface area contributed by atoms with Crippen LogP contribution in [-0.2, 0) is 16.1 Å². The summed E-state index contributed by atoms with van der Waals surface area (Å²) in [6, 6.07) is 9.80. The van der Waals surface area contributed by atoms with Crippen molar-refractivity contribution in [2.45, 2.75) is 39.2 Å². The molecule has 0 radical (unpaired) electrons. The third-order valence-electron chi connectivity index (χ3n) is 6.38. The molecule has 4 rings (SSSR count). The zero-order chi connectivity index (χ0) is 25.5. The molecule has 0 unspecified atom stereocenters. The molecule has 3 aromatic heterocycles. The molecule has 3 aromatic rings. The molecule has 2 bridgehead atoms. The minimum absolute atomic E-state index is 0.172. The Morgan fingerprint density at radius 2 is 2.06 bits per heavy atom. The van der Waals surface area contributed by atoms with Gasteiger partial charge in [0.15, 0.2) is 5.84 Å². The maximum atomic E-state index is 12.9. The summed E-state index contributed by atoms with van der Waals surface area (Å²) in [5, 5.41) is 8.39. The van der Waals surface area contributed by atoms with Crippen LogP contribution in [-0.4, -0.2) is 65.5 Å². The van der Waals surface area contributed by atoms with Crippen molar-refractivity contribution in [3.05, 3.63) is 59.8 Å². The fraction of sp³-hybridized carbons (Fsp3) is 0.407. The van der Waals surface area contributed by atoms with E-state index in [9.17, 15) is 4.79 Å². The van der Waals surface area contributed by atoms with Gasteiger partial charge in [-0.2, -0.15) is 0 Å². The Morgan fingerprint density at radius 3 is 2.83 bits per heavy atom. The Bertz CT molecular complexity index is 1280. The van der Waals surface area contributed by atoms with Gasteiger partial charge in [0.25, 0.3) is 5.91 Å². The first-order chi connectivity index (χ1) is 17.6. The van der Waals surface area contributed by atoms with Crippen LogP contribution in [0.25, 0.3) is 22.3 Å². The lowest BCUT2D eigenvalue weighted by Gasteiger charge is -2.22. The average Bonchev–Trinajstić information content (AvgIpc) is 3.26. The molecule has 0 fully saturated rings. The Morgan fingerprint density at radius 1 is 1.22 bits per heavy atom. The van der Waals surface area contributed by atoms with E-state index in [0.29, 0.717) is 35.9 Å². The van der Waals surface area contributed by atoms with Crippen LogP contribution in [0.1, 0.15) is 48.8 Å². The molecule has 0 spiro atoms. The van der Waals surface area contributed by atoms with Crippen LogP contribution in [0.4, 0.5) is 0 Å². The number of aromatic nitrogens is 3. The van der Waals surface area contributed by atoms with E-state index in [0.717, 1.165) is 54.7 Å². The highest BCUT2D eigenvalue weighted by molar-refractivity contribution is 6.02. The number of aryl methyl sites for hydroxylation is 1. The molecular formula is C27H34N6O3. The van der Waals surface area contributed by atoms with E-state index in [2.05, 4.69) is 26.1 Å². The fourth-order valence-electron chi connectivity index (χ4n) is 4.50. The van der Waals surface area contributed by atoms with E-state index in [4.69, 9.17) is 14.6 Å². The van der Waals surface area contributed by atoms with Crippen LogP contribution in [0.3, 0.4) is 0 Å². The van der Waals surface area contributed by atoms with Gasteiger partial charge in [0, 0.05) is 37.3 Å². The van der Waals surface area contributed by atoms with Crippen LogP contribution in [0.5, 0.6) is 0 Å². The molecule has 1 aliphatic rings. The number of rotatable bonds is 5. The molecule has 9 nitrogen and oxygen atoms in total. The first kappa shape index (κ1) is 25.2. The van der Waals surface area contributed by atoms with Crippen LogP contribution >= 0.6 is 0 Å². The number of ether oxygens (including phenoxy) is 1. The Hall–Kier alpha value is -3.88. The summed E-state index contributed by atoms with van der Waals surface area (Å²) >= 11 is 0. The molecule has 0 saturated carbocycles. The van der Waals surface area contributed by atoms with Gasteiger partial charge in [-0.25, -0.2) is 4.98 Å². The number of methoxy groups -OCH3 is 1. The van der Waals surface area contributed by atoms with E-state index in [-0.39, 0.29) is 5.91 Å². The molecule has 1 N–H and O–H groups in total. The number of allylic oxidation sites excluding steroid dienone is 1. The molecule has 0 saturated heterocycles. The minimum Gasteiger partial charge on any atom is -0.500 e. The van der Waals surface area contributed by atoms with Gasteiger partial charge in [0.05, 0.1) is 25.0 Å². The monoisotopic (exact) mass is 490 g/mol. The molecule has 0 aromatic carbocycles. The third-order valence-corrected chi connectivity index (χ3v) is 6.38. The molecular weight excluding hydrogens is 456 g/mol. The highest BCUT2D eigenvalue weighted by atomic mass is 16.6. The summed E-state index contributed by atoms with van der Waals surface area (Å²) in [6.07, 6.45) is 7.56. The summed E-state index contributed by atoms with van der Waals surface area (Å²) in [5.41, 5.74) is 3.56. The van der Waals surface area contributed by atoms with Gasteiger partial charge in [-0.3, -0.25) is 9.78 Å². The number of oxime groups is 1. The fourth-order valence-corrected chi connectivity index (χ4v) is 4.50. The minimum atomic E-state index is -0.172. The largest absolute Gasteiger partial charge is 0.500 e. The maximum Gasteiger partial charge on any atom is 0.270 e. The van der Waals surface area contributed by atoms with Crippen LogP contribution in [0.15, 0.2) is 53.5 Å². The Labute approximate surface area is 211 Å². The van der Waals surface area contributed by atoms with Crippen LogP contribution in [0.2, 0.25) is 0 Å². The summed E-state index contributed by atoms with van der Waals surface area (Å²) < 4.78 is 7.69. The smallest absolute Gasteiger partial charge is 0.270 e. The zero-order valence-electron chi connectivity index (χ0n) is 21.5. The number of amides is 1. The Kier molecular flexibility index (Phi) is 8.20. The second-order valence-corrected chi connectivity index (χ2v) is 8.77. The lowest BCUT2D eigenvalue weighted by Crippen LogP contribution is -2.32. The summed E-state index contributed by atoms with van der Waals surface area (Å²) in [5.74, 6) is 1.35. The standard InChI is InChI=1S/C27H34N6O3/c1-5-20(35-3)18-32(2)26(31-36-4)23-17-19-12-13-22-21-11-10-15-28-24(21)27(34)29-14-8-6-7-9-16-33(23)25(19)30-22/h5,10-13,15,17H,6-9,14,16,18H2,1-4H3,(H,29,34)/b20-5+,31-26-. The number of amidine groups is 1. The maximum absolute atomic E-state index is 12.9. The summed E-state index contributed by atoms with van der Waals surface area (Å²) in [7, 11) is 5.19. The van der Waals surface area contributed by atoms with Gasteiger partial charge in [0.1, 0.15) is 24.2 Å². The van der Waals surface area contributed by atoms with Crippen molar-refractivity contribution in [2.24, 2.45) is 5.16 Å². The number of likely N-dealkylation sites (N-methyl/N-ethyl adjacent to an activating group) is 1. The number of carbonyl (C=O) groups excluding carboxylic acids is 1. The SMILES string of the molecule is C/C=C(\CN(C)/C(=N\OC)c1cc2ccc3nc2n1CCCCCCNC(=O)c1ncccc1-3)OC. The molecule has 4 heterocycles. The highest BCUT2D eigenvalue weighted by Crippen LogP contribution is 2.27. The first-order valence-electron chi connectivity index (χ1n) is 12.3. The molecule has 0 atom stereocenters. The summed E-state index contributed by atoms with van der Waals surface area (Å²) in [4.78, 5) is 29.5. The normalized spacial score (nSPS) is 15.3. The van der Waals surface area contributed by atoms with Crippen molar-refractivity contribution in [3.63, 3.8) is 0 Å². The zero-order valence-corrected chi connectivity index (χ0v) is 21.5. The van der Waals surface area contributed by atoms with Gasteiger partial charge in [0.2, 0.25) is 0 Å². The number of fused-ring (bicyclic) bond motifs is 3. The Balaban J connectivity index is 1.86. The highest BCUT2D eigenvalue weighted by Gasteiger charge is 2.22. The number of pyridine rings is 2.